The van der Waals surface area contributed by atoms with Gasteiger partial charge < -0.3 is 9.53 Å². The SMILES string of the molecule is CC(C)(Cc1ccc(CC=O)cc1)OC(=O)C=Cc1ccccc1. The van der Waals surface area contributed by atoms with E-state index >= 15 is 0 Å². The Labute approximate surface area is 143 Å². The van der Waals surface area contributed by atoms with Gasteiger partial charge in [0.05, 0.1) is 0 Å². The molecule has 124 valence electrons. The Morgan fingerprint density at radius 1 is 1.00 bits per heavy atom. The van der Waals surface area contributed by atoms with Gasteiger partial charge in [-0.3, -0.25) is 0 Å². The lowest BCUT2D eigenvalue weighted by atomic mass is 9.97. The van der Waals surface area contributed by atoms with Gasteiger partial charge >= 0.3 is 5.97 Å². The minimum Gasteiger partial charge on any atom is -0.456 e. The third-order valence-electron chi connectivity index (χ3n) is 3.56. The minimum absolute atomic E-state index is 0.360. The summed E-state index contributed by atoms with van der Waals surface area (Å²) in [5.74, 6) is -0.360. The van der Waals surface area contributed by atoms with Crippen molar-refractivity contribution in [1.82, 2.24) is 0 Å². The van der Waals surface area contributed by atoms with E-state index in [9.17, 15) is 9.59 Å². The quantitative estimate of drug-likeness (QED) is 0.439. The second kappa shape index (κ2) is 8.25. The van der Waals surface area contributed by atoms with Gasteiger partial charge in [-0.2, -0.15) is 0 Å². The summed E-state index contributed by atoms with van der Waals surface area (Å²) in [5, 5.41) is 0. The molecular formula is C21H22O3. The first-order valence-corrected chi connectivity index (χ1v) is 7.96. The van der Waals surface area contributed by atoms with Gasteiger partial charge in [-0.15, -0.1) is 0 Å². The summed E-state index contributed by atoms with van der Waals surface area (Å²) in [6.07, 6.45) is 5.11. The topological polar surface area (TPSA) is 43.4 Å². The number of rotatable bonds is 7. The number of esters is 1. The Balaban J connectivity index is 1.93. The lowest BCUT2D eigenvalue weighted by Crippen LogP contribution is -2.29. The summed E-state index contributed by atoms with van der Waals surface area (Å²) in [6, 6.07) is 17.4. The summed E-state index contributed by atoms with van der Waals surface area (Å²) < 4.78 is 5.56. The van der Waals surface area contributed by atoms with Crippen molar-refractivity contribution in [2.75, 3.05) is 0 Å². The first-order valence-electron chi connectivity index (χ1n) is 7.96. The smallest absolute Gasteiger partial charge is 0.331 e. The van der Waals surface area contributed by atoms with Crippen molar-refractivity contribution >= 4 is 18.3 Å². The molecule has 0 bridgehead atoms. The molecular weight excluding hydrogens is 300 g/mol. The lowest BCUT2D eigenvalue weighted by molar-refractivity contribution is -0.149. The van der Waals surface area contributed by atoms with Crippen LogP contribution in [0.1, 0.15) is 30.5 Å². The van der Waals surface area contributed by atoms with Crippen LogP contribution in [0.15, 0.2) is 60.7 Å². The number of aldehydes is 1. The third kappa shape index (κ3) is 5.84. The molecule has 0 heterocycles. The van der Waals surface area contributed by atoms with Crippen molar-refractivity contribution in [1.29, 1.82) is 0 Å². The molecule has 0 fully saturated rings. The zero-order chi connectivity index (χ0) is 17.4. The van der Waals surface area contributed by atoms with Crippen LogP contribution in [0.5, 0.6) is 0 Å². The predicted molar refractivity (Wildman–Crippen MR) is 95.6 cm³/mol. The van der Waals surface area contributed by atoms with E-state index in [0.717, 1.165) is 23.0 Å². The van der Waals surface area contributed by atoms with Crippen LogP contribution in [0.2, 0.25) is 0 Å². The molecule has 0 spiro atoms. The number of ether oxygens (including phenoxy) is 1. The Hall–Kier alpha value is -2.68. The summed E-state index contributed by atoms with van der Waals surface area (Å²) in [6.45, 7) is 3.78. The molecule has 3 nitrogen and oxygen atoms in total. The molecule has 0 aliphatic rings. The second-order valence-corrected chi connectivity index (χ2v) is 6.29. The Kier molecular flexibility index (Phi) is 6.07. The van der Waals surface area contributed by atoms with Gasteiger partial charge in [0.25, 0.3) is 0 Å². The van der Waals surface area contributed by atoms with Crippen LogP contribution >= 0.6 is 0 Å². The standard InChI is InChI=1S/C21H22O3/c1-21(2,16-19-10-8-18(9-11-19)14-15-22)24-20(23)13-12-17-6-4-3-5-7-17/h3-13,15H,14,16H2,1-2H3. The van der Waals surface area contributed by atoms with Crippen molar-refractivity contribution in [2.45, 2.75) is 32.3 Å². The summed E-state index contributed by atoms with van der Waals surface area (Å²) in [4.78, 5) is 22.5. The van der Waals surface area contributed by atoms with Crippen molar-refractivity contribution in [2.24, 2.45) is 0 Å². The molecule has 24 heavy (non-hydrogen) atoms. The molecule has 0 aromatic heterocycles. The molecule has 2 aromatic carbocycles. The molecule has 3 heteroatoms. The predicted octanol–water partition coefficient (Wildman–Crippen LogP) is 4.01. The van der Waals surface area contributed by atoms with Crippen LogP contribution in [0, 0.1) is 0 Å². The normalized spacial score (nSPS) is 11.4. The molecule has 2 rings (SSSR count). The number of carbonyl (C=O) groups excluding carboxylic acids is 2. The van der Waals surface area contributed by atoms with Gasteiger partial charge in [0.2, 0.25) is 0 Å². The van der Waals surface area contributed by atoms with Gasteiger partial charge in [-0.1, -0.05) is 54.6 Å². The largest absolute Gasteiger partial charge is 0.456 e. The monoisotopic (exact) mass is 322 g/mol. The number of hydrogen-bond acceptors (Lipinski definition) is 3. The van der Waals surface area contributed by atoms with E-state index < -0.39 is 5.60 Å². The molecule has 0 aliphatic carbocycles. The number of benzene rings is 2. The first kappa shape index (κ1) is 17.7. The van der Waals surface area contributed by atoms with E-state index in [1.165, 1.54) is 6.08 Å². The Bertz CT molecular complexity index is 698. The third-order valence-corrected chi connectivity index (χ3v) is 3.56. The average molecular weight is 322 g/mol. The molecule has 0 unspecified atom stereocenters. The highest BCUT2D eigenvalue weighted by Gasteiger charge is 2.22. The highest BCUT2D eigenvalue weighted by molar-refractivity contribution is 5.87. The fraction of sp³-hybridized carbons (Fsp3) is 0.238. The fourth-order valence-electron chi connectivity index (χ4n) is 2.45. The highest BCUT2D eigenvalue weighted by atomic mass is 16.6. The maximum atomic E-state index is 12.0. The lowest BCUT2D eigenvalue weighted by Gasteiger charge is -2.24. The van der Waals surface area contributed by atoms with Crippen LogP contribution < -0.4 is 0 Å². The Morgan fingerprint density at radius 2 is 1.62 bits per heavy atom. The second-order valence-electron chi connectivity index (χ2n) is 6.29. The fourth-order valence-corrected chi connectivity index (χ4v) is 2.45. The summed E-state index contributed by atoms with van der Waals surface area (Å²) in [5.41, 5.74) is 2.39. The zero-order valence-corrected chi connectivity index (χ0v) is 14.1. The van der Waals surface area contributed by atoms with Gasteiger partial charge in [-0.25, -0.2) is 4.79 Å². The zero-order valence-electron chi connectivity index (χ0n) is 14.1. The molecule has 0 amide bonds. The van der Waals surface area contributed by atoms with E-state index in [-0.39, 0.29) is 5.97 Å². The number of hydrogen-bond donors (Lipinski definition) is 0. The van der Waals surface area contributed by atoms with E-state index in [4.69, 9.17) is 4.74 Å². The van der Waals surface area contributed by atoms with Crippen LogP contribution in [-0.2, 0) is 27.2 Å². The van der Waals surface area contributed by atoms with Crippen molar-refractivity contribution in [3.63, 3.8) is 0 Å². The van der Waals surface area contributed by atoms with Crippen LogP contribution in [0.4, 0.5) is 0 Å². The summed E-state index contributed by atoms with van der Waals surface area (Å²) in [7, 11) is 0. The molecule has 0 radical (unpaired) electrons. The molecule has 0 aliphatic heterocycles. The summed E-state index contributed by atoms with van der Waals surface area (Å²) >= 11 is 0. The molecule has 0 atom stereocenters. The van der Waals surface area contributed by atoms with Crippen LogP contribution in [0.3, 0.4) is 0 Å². The van der Waals surface area contributed by atoms with E-state index in [0.29, 0.717) is 12.8 Å². The molecule has 0 saturated carbocycles. The maximum Gasteiger partial charge on any atom is 0.331 e. The van der Waals surface area contributed by atoms with Gasteiger partial charge in [0, 0.05) is 18.9 Å². The van der Waals surface area contributed by atoms with E-state index in [2.05, 4.69) is 0 Å². The van der Waals surface area contributed by atoms with Crippen LogP contribution in [-0.4, -0.2) is 17.9 Å². The molecule has 0 N–H and O–H groups in total. The molecule has 2 aromatic rings. The first-order chi connectivity index (χ1) is 11.5. The maximum absolute atomic E-state index is 12.0. The van der Waals surface area contributed by atoms with Crippen molar-refractivity contribution < 1.29 is 14.3 Å². The molecule has 0 saturated heterocycles. The van der Waals surface area contributed by atoms with E-state index in [1.807, 2.05) is 68.4 Å². The van der Waals surface area contributed by atoms with Crippen molar-refractivity contribution in [3.8, 4) is 0 Å². The minimum atomic E-state index is -0.607. The van der Waals surface area contributed by atoms with Crippen molar-refractivity contribution in [3.05, 3.63) is 77.4 Å². The average Bonchev–Trinajstić information content (AvgIpc) is 2.55. The number of carbonyl (C=O) groups is 2. The van der Waals surface area contributed by atoms with Gasteiger partial charge in [0.1, 0.15) is 11.9 Å². The Morgan fingerprint density at radius 3 is 2.25 bits per heavy atom. The van der Waals surface area contributed by atoms with Crippen LogP contribution in [0.25, 0.3) is 6.08 Å². The highest BCUT2D eigenvalue weighted by Crippen LogP contribution is 2.18. The van der Waals surface area contributed by atoms with Gasteiger partial charge in [-0.05, 0) is 36.6 Å². The van der Waals surface area contributed by atoms with E-state index in [1.54, 1.807) is 6.08 Å². The van der Waals surface area contributed by atoms with Gasteiger partial charge in [0.15, 0.2) is 0 Å².